The van der Waals surface area contributed by atoms with E-state index in [2.05, 4.69) is 12.6 Å². The highest BCUT2D eigenvalue weighted by molar-refractivity contribution is 8.10. The van der Waals surface area contributed by atoms with Crippen LogP contribution >= 0.6 is 24.8 Å². The summed E-state index contributed by atoms with van der Waals surface area (Å²) in [5.41, 5.74) is 0. The Labute approximate surface area is 105 Å². The van der Waals surface area contributed by atoms with Crippen LogP contribution < -0.4 is 0 Å². The molecule has 0 aliphatic heterocycles. The Morgan fingerprint density at radius 3 is 1.69 bits per heavy atom. The van der Waals surface area contributed by atoms with Crippen molar-refractivity contribution in [2.45, 2.75) is 25.7 Å². The van der Waals surface area contributed by atoms with Gasteiger partial charge in [-0.1, -0.05) is 12.2 Å². The van der Waals surface area contributed by atoms with E-state index >= 15 is 0 Å². The van der Waals surface area contributed by atoms with Gasteiger partial charge >= 0.3 is 11.9 Å². The molecule has 0 aliphatic carbocycles. The third-order valence-corrected chi connectivity index (χ3v) is 2.45. The number of carboxylic acids is 2. The molecule has 0 rings (SSSR count). The molecule has 0 amide bonds. The second kappa shape index (κ2) is 8.35. The minimum atomic E-state index is -0.851. The monoisotopic (exact) mass is 265 g/mol. The van der Waals surface area contributed by atoms with Gasteiger partial charge in [0.05, 0.1) is 0 Å². The molecule has 5 nitrogen and oxygen atoms in total. The summed E-state index contributed by atoms with van der Waals surface area (Å²) in [5.74, 6) is -1.70. The van der Waals surface area contributed by atoms with Gasteiger partial charge in [-0.25, -0.2) is 0 Å². The van der Waals surface area contributed by atoms with Crippen molar-refractivity contribution in [2.75, 3.05) is 13.1 Å². The molecule has 7 heteroatoms. The van der Waals surface area contributed by atoms with Gasteiger partial charge in [-0.15, -0.1) is 12.6 Å². The van der Waals surface area contributed by atoms with Crippen LogP contribution in [0.5, 0.6) is 0 Å². The number of carbonyl (C=O) groups is 2. The molecule has 0 atom stereocenters. The van der Waals surface area contributed by atoms with E-state index in [9.17, 15) is 9.59 Å². The zero-order chi connectivity index (χ0) is 12.6. The first-order valence-electron chi connectivity index (χ1n) is 4.85. The number of thiocarbonyl (C=S) groups is 1. The third-order valence-electron chi connectivity index (χ3n) is 1.91. The van der Waals surface area contributed by atoms with Gasteiger partial charge in [0.25, 0.3) is 0 Å². The molecule has 0 aliphatic rings. The predicted octanol–water partition coefficient (Wildman–Crippen LogP) is 1.23. The molecule has 0 radical (unpaired) electrons. The minimum absolute atomic E-state index is 0.0752. The summed E-state index contributed by atoms with van der Waals surface area (Å²) in [6.45, 7) is 0.989. The Morgan fingerprint density at radius 1 is 1.06 bits per heavy atom. The van der Waals surface area contributed by atoms with Crippen molar-refractivity contribution in [1.82, 2.24) is 4.90 Å². The van der Waals surface area contributed by atoms with Gasteiger partial charge in [-0.2, -0.15) is 0 Å². The van der Waals surface area contributed by atoms with E-state index in [1.54, 1.807) is 4.90 Å². The van der Waals surface area contributed by atoms with Crippen LogP contribution in [-0.4, -0.2) is 44.5 Å². The molecule has 0 heterocycles. The van der Waals surface area contributed by atoms with Gasteiger partial charge in [-0.3, -0.25) is 9.59 Å². The van der Waals surface area contributed by atoms with Crippen LogP contribution in [0.3, 0.4) is 0 Å². The maximum absolute atomic E-state index is 10.3. The largest absolute Gasteiger partial charge is 0.481 e. The molecule has 0 aromatic heterocycles. The molecule has 0 aromatic carbocycles. The average molecular weight is 265 g/mol. The van der Waals surface area contributed by atoms with Crippen molar-refractivity contribution in [3.8, 4) is 0 Å². The average Bonchev–Trinajstić information content (AvgIpc) is 2.14. The highest BCUT2D eigenvalue weighted by Crippen LogP contribution is 2.03. The summed E-state index contributed by atoms with van der Waals surface area (Å²) < 4.78 is 0.371. The topological polar surface area (TPSA) is 77.8 Å². The molecular weight excluding hydrogens is 250 g/mol. The maximum atomic E-state index is 10.3. The summed E-state index contributed by atoms with van der Waals surface area (Å²) in [5, 5.41) is 16.9. The molecule has 0 saturated carbocycles. The summed E-state index contributed by atoms with van der Waals surface area (Å²) in [7, 11) is 0. The van der Waals surface area contributed by atoms with Crippen LogP contribution in [0.15, 0.2) is 0 Å². The number of hydrogen-bond donors (Lipinski definition) is 3. The van der Waals surface area contributed by atoms with E-state index < -0.39 is 11.9 Å². The zero-order valence-corrected chi connectivity index (χ0v) is 10.5. The van der Waals surface area contributed by atoms with Gasteiger partial charge in [0.2, 0.25) is 0 Å². The Kier molecular flexibility index (Phi) is 7.92. The Hall–Kier alpha value is -0.820. The van der Waals surface area contributed by atoms with Gasteiger partial charge in [0, 0.05) is 25.9 Å². The molecule has 2 N–H and O–H groups in total. The molecular formula is C9H15NO4S2. The molecule has 0 aromatic rings. The number of aliphatic carboxylic acids is 2. The molecule has 0 fully saturated rings. The van der Waals surface area contributed by atoms with Crippen LogP contribution in [0.1, 0.15) is 25.7 Å². The highest BCUT2D eigenvalue weighted by Gasteiger charge is 2.08. The van der Waals surface area contributed by atoms with Crippen molar-refractivity contribution >= 4 is 41.1 Å². The Morgan fingerprint density at radius 2 is 1.44 bits per heavy atom. The second-order valence-corrected chi connectivity index (χ2v) is 4.38. The van der Waals surface area contributed by atoms with Crippen molar-refractivity contribution in [1.29, 1.82) is 0 Å². The first kappa shape index (κ1) is 15.2. The minimum Gasteiger partial charge on any atom is -0.481 e. The van der Waals surface area contributed by atoms with Crippen LogP contribution in [-0.2, 0) is 9.59 Å². The Balaban J connectivity index is 3.84. The second-order valence-electron chi connectivity index (χ2n) is 3.26. The molecule has 0 spiro atoms. The van der Waals surface area contributed by atoms with E-state index in [0.717, 1.165) is 0 Å². The summed E-state index contributed by atoms with van der Waals surface area (Å²) in [4.78, 5) is 22.3. The molecule has 0 saturated heterocycles. The van der Waals surface area contributed by atoms with Gasteiger partial charge in [0.1, 0.15) is 4.32 Å². The van der Waals surface area contributed by atoms with Crippen molar-refractivity contribution in [3.63, 3.8) is 0 Å². The first-order chi connectivity index (χ1) is 7.43. The maximum Gasteiger partial charge on any atom is 0.303 e. The van der Waals surface area contributed by atoms with E-state index in [-0.39, 0.29) is 12.8 Å². The lowest BCUT2D eigenvalue weighted by Gasteiger charge is -2.21. The summed E-state index contributed by atoms with van der Waals surface area (Å²) >= 11 is 8.88. The number of carboxylic acid groups (broad SMARTS) is 2. The lowest BCUT2D eigenvalue weighted by atomic mass is 10.2. The number of rotatable bonds is 8. The normalized spacial score (nSPS) is 9.81. The van der Waals surface area contributed by atoms with Gasteiger partial charge in [0.15, 0.2) is 0 Å². The van der Waals surface area contributed by atoms with Crippen LogP contribution in [0, 0.1) is 0 Å². The molecule has 92 valence electrons. The van der Waals surface area contributed by atoms with Crippen LogP contribution in [0.4, 0.5) is 0 Å². The predicted molar refractivity (Wildman–Crippen MR) is 66.9 cm³/mol. The fourth-order valence-corrected chi connectivity index (χ4v) is 1.53. The van der Waals surface area contributed by atoms with Crippen molar-refractivity contribution < 1.29 is 19.8 Å². The third kappa shape index (κ3) is 8.49. The van der Waals surface area contributed by atoms with Crippen molar-refractivity contribution in [3.05, 3.63) is 0 Å². The number of hydrogen-bond acceptors (Lipinski definition) is 3. The molecule has 0 unspecified atom stereocenters. The Bertz CT molecular complexity index is 250. The van der Waals surface area contributed by atoms with E-state index in [1.165, 1.54) is 0 Å². The quantitative estimate of drug-likeness (QED) is 0.452. The van der Waals surface area contributed by atoms with Gasteiger partial charge in [-0.05, 0) is 12.8 Å². The smallest absolute Gasteiger partial charge is 0.303 e. The number of thiol groups is 1. The SMILES string of the molecule is O=C(O)CCCN(CCCC(=O)O)C(=S)S. The lowest BCUT2D eigenvalue weighted by Crippen LogP contribution is -2.29. The summed E-state index contributed by atoms with van der Waals surface area (Å²) in [6.07, 6.45) is 1.10. The molecule has 0 bridgehead atoms. The zero-order valence-electron chi connectivity index (χ0n) is 8.76. The van der Waals surface area contributed by atoms with E-state index in [1.807, 2.05) is 0 Å². The van der Waals surface area contributed by atoms with Crippen LogP contribution in [0.2, 0.25) is 0 Å². The number of nitrogens with zero attached hydrogens (tertiary/aromatic N) is 1. The molecule has 16 heavy (non-hydrogen) atoms. The van der Waals surface area contributed by atoms with Crippen LogP contribution in [0.25, 0.3) is 0 Å². The summed E-state index contributed by atoms with van der Waals surface area (Å²) in [6, 6.07) is 0. The first-order valence-corrected chi connectivity index (χ1v) is 5.70. The highest BCUT2D eigenvalue weighted by atomic mass is 32.1. The fraction of sp³-hybridized carbons (Fsp3) is 0.667. The fourth-order valence-electron chi connectivity index (χ4n) is 1.15. The van der Waals surface area contributed by atoms with Crippen molar-refractivity contribution in [2.24, 2.45) is 0 Å². The lowest BCUT2D eigenvalue weighted by molar-refractivity contribution is -0.138. The van der Waals surface area contributed by atoms with E-state index in [0.29, 0.717) is 30.3 Å². The standard InChI is InChI=1S/C9H15NO4S2/c11-7(12)3-1-5-10(9(15)16)6-2-4-8(13)14/h1-6H2,(H,11,12)(H,13,14)(H,15,16). The van der Waals surface area contributed by atoms with E-state index in [4.69, 9.17) is 22.4 Å². The van der Waals surface area contributed by atoms with Gasteiger partial charge < -0.3 is 15.1 Å².